The molecule has 1 N–H and O–H groups in total. The number of hydrogen-bond acceptors (Lipinski definition) is 4. The van der Waals surface area contributed by atoms with Crippen LogP contribution >= 0.6 is 8.18 Å². The van der Waals surface area contributed by atoms with Crippen molar-refractivity contribution < 1.29 is 17.5 Å². The average Bonchev–Trinajstić information content (AvgIpc) is 2.30. The van der Waals surface area contributed by atoms with Crippen molar-refractivity contribution in [3.63, 3.8) is 0 Å². The van der Waals surface area contributed by atoms with Gasteiger partial charge in [-0.25, -0.2) is 8.42 Å². The summed E-state index contributed by atoms with van der Waals surface area (Å²) in [5.74, 6) is 0.245. The molecule has 1 aliphatic rings. The molecule has 0 spiro atoms. The van der Waals surface area contributed by atoms with Gasteiger partial charge in [-0.1, -0.05) is 5.09 Å². The van der Waals surface area contributed by atoms with Crippen molar-refractivity contribution >= 4 is 18.0 Å². The van der Waals surface area contributed by atoms with Crippen LogP contribution in [0, 0.1) is 0 Å². The first-order chi connectivity index (χ1) is 5.53. The molecule has 1 aliphatic heterocycles. The lowest BCUT2D eigenvalue weighted by molar-refractivity contribution is 0.398. The van der Waals surface area contributed by atoms with E-state index in [-0.39, 0.29) is 17.5 Å². The molecule has 70 valence electrons. The molecule has 12 heavy (non-hydrogen) atoms. The van der Waals surface area contributed by atoms with E-state index in [4.69, 9.17) is 0 Å². The summed E-state index contributed by atoms with van der Waals surface area (Å²) < 4.78 is 37.2. The van der Waals surface area contributed by atoms with Gasteiger partial charge in [0.15, 0.2) is 9.84 Å². The minimum absolute atomic E-state index is 0.0669. The molecule has 7 heteroatoms. The van der Waals surface area contributed by atoms with Crippen LogP contribution in [0.25, 0.3) is 0 Å². The molecule has 0 aromatic carbocycles. The second kappa shape index (κ2) is 3.79. The number of hydrogen-bond donors (Lipinski definition) is 1. The zero-order chi connectivity index (χ0) is 9.19. The maximum Gasteiger partial charge on any atom is 0.613 e. The number of sulfone groups is 1. The molecular formula is C5H11NO4PS+. The van der Waals surface area contributed by atoms with Crippen LogP contribution in [0.5, 0.6) is 0 Å². The van der Waals surface area contributed by atoms with E-state index in [1.807, 2.05) is 0 Å². The van der Waals surface area contributed by atoms with E-state index >= 15 is 0 Å². The Labute approximate surface area is 72.3 Å². The lowest BCUT2D eigenvalue weighted by atomic mass is 10.3. The molecule has 0 amide bonds. The van der Waals surface area contributed by atoms with Crippen molar-refractivity contribution in [2.45, 2.75) is 12.5 Å². The Morgan fingerprint density at radius 3 is 2.67 bits per heavy atom. The van der Waals surface area contributed by atoms with Crippen molar-refractivity contribution in [1.82, 2.24) is 5.09 Å². The summed E-state index contributed by atoms with van der Waals surface area (Å²) in [4.78, 5) is 0. The van der Waals surface area contributed by atoms with Gasteiger partial charge in [-0.05, 0) is 11.0 Å². The van der Waals surface area contributed by atoms with Gasteiger partial charge in [0, 0.05) is 0 Å². The molecule has 1 fully saturated rings. The molecule has 0 aromatic rings. The maximum atomic E-state index is 10.9. The highest BCUT2D eigenvalue weighted by Crippen LogP contribution is 2.20. The molecule has 2 atom stereocenters. The highest BCUT2D eigenvalue weighted by atomic mass is 32.2. The van der Waals surface area contributed by atoms with E-state index in [1.54, 1.807) is 0 Å². The van der Waals surface area contributed by atoms with Crippen molar-refractivity contribution in [3.8, 4) is 0 Å². The van der Waals surface area contributed by atoms with Gasteiger partial charge >= 0.3 is 8.18 Å². The van der Waals surface area contributed by atoms with Crippen LogP contribution in [0.4, 0.5) is 0 Å². The van der Waals surface area contributed by atoms with Crippen LogP contribution in [0.3, 0.4) is 0 Å². The van der Waals surface area contributed by atoms with Crippen molar-refractivity contribution in [2.75, 3.05) is 18.6 Å². The lowest BCUT2D eigenvalue weighted by Gasteiger charge is -1.96. The summed E-state index contributed by atoms with van der Waals surface area (Å²) in [6.07, 6.45) is 0.521. The third-order valence-corrected chi connectivity index (χ3v) is 4.36. The predicted molar refractivity (Wildman–Crippen MR) is 44.8 cm³/mol. The van der Waals surface area contributed by atoms with Gasteiger partial charge in [-0.2, -0.15) is 0 Å². The zero-order valence-electron chi connectivity index (χ0n) is 6.69. The van der Waals surface area contributed by atoms with Crippen molar-refractivity contribution in [2.24, 2.45) is 0 Å². The van der Waals surface area contributed by atoms with Crippen LogP contribution in [0.15, 0.2) is 0 Å². The summed E-state index contributed by atoms with van der Waals surface area (Å²) >= 11 is 0. The van der Waals surface area contributed by atoms with Crippen LogP contribution in [-0.4, -0.2) is 33.1 Å². The normalized spacial score (nSPS) is 28.8. The van der Waals surface area contributed by atoms with E-state index < -0.39 is 18.0 Å². The van der Waals surface area contributed by atoms with Gasteiger partial charge in [0.2, 0.25) is 0 Å². The van der Waals surface area contributed by atoms with Crippen LogP contribution in [-0.2, 0) is 18.9 Å². The van der Waals surface area contributed by atoms with E-state index in [0.29, 0.717) is 6.42 Å². The van der Waals surface area contributed by atoms with Crippen LogP contribution < -0.4 is 5.09 Å². The van der Waals surface area contributed by atoms with Gasteiger partial charge in [0.1, 0.15) is 0 Å². The Balaban J connectivity index is 2.43. The fourth-order valence-corrected chi connectivity index (χ4v) is 3.52. The smallest absolute Gasteiger partial charge is 0.229 e. The third-order valence-electron chi connectivity index (χ3n) is 1.69. The first-order valence-corrected chi connectivity index (χ1v) is 6.51. The Hall–Kier alpha value is -0.0300. The van der Waals surface area contributed by atoms with Crippen molar-refractivity contribution in [1.29, 1.82) is 0 Å². The molecule has 0 aliphatic carbocycles. The first-order valence-electron chi connectivity index (χ1n) is 3.51. The lowest BCUT2D eigenvalue weighted by Crippen LogP contribution is -2.24. The van der Waals surface area contributed by atoms with E-state index in [2.05, 4.69) is 9.61 Å². The maximum absolute atomic E-state index is 10.9. The van der Waals surface area contributed by atoms with E-state index in [9.17, 15) is 13.0 Å². The highest BCUT2D eigenvalue weighted by molar-refractivity contribution is 7.91. The van der Waals surface area contributed by atoms with E-state index in [0.717, 1.165) is 0 Å². The molecule has 0 aromatic heterocycles. The first kappa shape index (κ1) is 10.1. The Morgan fingerprint density at radius 2 is 2.25 bits per heavy atom. The predicted octanol–water partition coefficient (Wildman–Crippen LogP) is 0.0669. The van der Waals surface area contributed by atoms with Crippen LogP contribution in [0.1, 0.15) is 6.42 Å². The Morgan fingerprint density at radius 1 is 1.58 bits per heavy atom. The number of rotatable bonds is 3. The second-order valence-electron chi connectivity index (χ2n) is 2.67. The molecule has 2 unspecified atom stereocenters. The minimum Gasteiger partial charge on any atom is -0.229 e. The van der Waals surface area contributed by atoms with Crippen LogP contribution in [0.2, 0.25) is 0 Å². The Kier molecular flexibility index (Phi) is 3.17. The molecule has 0 radical (unpaired) electrons. The van der Waals surface area contributed by atoms with Gasteiger partial charge in [-0.3, -0.25) is 0 Å². The molecule has 1 rings (SSSR count). The summed E-state index contributed by atoms with van der Waals surface area (Å²) in [6.45, 7) is 0. The highest BCUT2D eigenvalue weighted by Gasteiger charge is 2.33. The molecule has 0 bridgehead atoms. The monoisotopic (exact) mass is 212 g/mol. The van der Waals surface area contributed by atoms with E-state index in [1.165, 1.54) is 7.11 Å². The van der Waals surface area contributed by atoms with Gasteiger partial charge in [0.05, 0.1) is 24.7 Å². The van der Waals surface area contributed by atoms with Crippen molar-refractivity contribution in [3.05, 3.63) is 0 Å². The third kappa shape index (κ3) is 2.79. The Bertz CT molecular complexity index is 275. The second-order valence-corrected chi connectivity index (χ2v) is 6.04. The van der Waals surface area contributed by atoms with Gasteiger partial charge in [0.25, 0.3) is 0 Å². The molecular weight excluding hydrogens is 201 g/mol. The SMILES string of the molecule is CO[P+](=O)NC1CCS(=O)(=O)C1. The van der Waals surface area contributed by atoms with Gasteiger partial charge in [-0.15, -0.1) is 4.52 Å². The summed E-state index contributed by atoms with van der Waals surface area (Å²) in [5.41, 5.74) is 0. The topological polar surface area (TPSA) is 72.5 Å². The molecule has 1 saturated heterocycles. The molecule has 5 nitrogen and oxygen atoms in total. The molecule has 0 saturated carbocycles. The fraction of sp³-hybridized carbons (Fsp3) is 1.00. The standard InChI is InChI=1S/C5H11NO4PS/c1-10-11(7)6-5-2-3-12(8,9)4-5/h5H,2-4H2,1H3,(H,6,7)/q+1. The summed E-state index contributed by atoms with van der Waals surface area (Å²) in [7, 11) is -3.48. The van der Waals surface area contributed by atoms with Gasteiger partial charge < -0.3 is 0 Å². The largest absolute Gasteiger partial charge is 0.613 e. The average molecular weight is 212 g/mol. The fourth-order valence-electron chi connectivity index (χ4n) is 1.10. The minimum atomic E-state index is -2.90. The number of nitrogens with one attached hydrogen (secondary N) is 1. The molecule has 1 heterocycles. The summed E-state index contributed by atoms with van der Waals surface area (Å²) in [5, 5.41) is 2.59. The zero-order valence-corrected chi connectivity index (χ0v) is 8.40. The quantitative estimate of drug-likeness (QED) is 0.670. The summed E-state index contributed by atoms with van der Waals surface area (Å²) in [6, 6.07) is -0.210.